The molecule has 0 fully saturated rings. The van der Waals surface area contributed by atoms with Crippen LogP contribution in [0.2, 0.25) is 0 Å². The lowest BCUT2D eigenvalue weighted by molar-refractivity contribution is -0.123. The number of nitrogens with zero attached hydrogens (tertiary/aromatic N) is 1. The molecule has 0 bridgehead atoms. The first-order chi connectivity index (χ1) is 16.4. The lowest BCUT2D eigenvalue weighted by atomic mass is 10.1. The van der Waals surface area contributed by atoms with Crippen LogP contribution in [-0.4, -0.2) is 38.9 Å². The van der Waals surface area contributed by atoms with Gasteiger partial charge in [-0.3, -0.25) is 4.79 Å². The number of hydrazone groups is 1. The average Bonchev–Trinajstić information content (AvgIpc) is 2.85. The Kier molecular flexibility index (Phi) is 8.23. The first-order valence-electron chi connectivity index (χ1n) is 10.5. The number of hydrogen-bond acceptors (Lipinski definition) is 7. The smallest absolute Gasteiger partial charge is 0.343 e. The van der Waals surface area contributed by atoms with Crippen LogP contribution >= 0.6 is 0 Å². The van der Waals surface area contributed by atoms with E-state index in [2.05, 4.69) is 10.5 Å². The first kappa shape index (κ1) is 24.3. The van der Waals surface area contributed by atoms with E-state index in [1.54, 1.807) is 49.6 Å². The van der Waals surface area contributed by atoms with E-state index in [-0.39, 0.29) is 12.4 Å². The normalized spacial score (nSPS) is 10.6. The lowest BCUT2D eigenvalue weighted by Gasteiger charge is -2.10. The van der Waals surface area contributed by atoms with Gasteiger partial charge in [-0.15, -0.1) is 0 Å². The summed E-state index contributed by atoms with van der Waals surface area (Å²) in [5.74, 6) is 0.972. The van der Waals surface area contributed by atoms with Gasteiger partial charge in [0, 0.05) is 0 Å². The van der Waals surface area contributed by atoms with Crippen LogP contribution in [0.15, 0.2) is 65.8 Å². The van der Waals surface area contributed by atoms with Gasteiger partial charge in [-0.25, -0.2) is 10.2 Å². The van der Waals surface area contributed by atoms with Crippen molar-refractivity contribution in [3.05, 3.63) is 82.9 Å². The minimum absolute atomic E-state index is 0.162. The van der Waals surface area contributed by atoms with Crippen molar-refractivity contribution in [2.45, 2.75) is 13.8 Å². The van der Waals surface area contributed by atoms with Crippen LogP contribution in [0, 0.1) is 13.8 Å². The molecule has 8 heteroatoms. The summed E-state index contributed by atoms with van der Waals surface area (Å²) in [6, 6.07) is 17.2. The molecule has 0 saturated carbocycles. The molecule has 8 nitrogen and oxygen atoms in total. The van der Waals surface area contributed by atoms with Gasteiger partial charge in [0.15, 0.2) is 18.1 Å². The van der Waals surface area contributed by atoms with E-state index < -0.39 is 11.9 Å². The molecule has 0 saturated heterocycles. The van der Waals surface area contributed by atoms with E-state index in [4.69, 9.17) is 18.9 Å². The summed E-state index contributed by atoms with van der Waals surface area (Å²) < 4.78 is 21.4. The molecule has 1 amide bonds. The molecule has 0 radical (unpaired) electrons. The Bertz CT molecular complexity index is 1190. The van der Waals surface area contributed by atoms with Gasteiger partial charge in [0.2, 0.25) is 0 Å². The highest BCUT2D eigenvalue weighted by atomic mass is 16.6. The molecule has 34 heavy (non-hydrogen) atoms. The number of esters is 1. The van der Waals surface area contributed by atoms with Gasteiger partial charge in [-0.05, 0) is 79.1 Å². The summed E-state index contributed by atoms with van der Waals surface area (Å²) in [5.41, 5.74) is 5.50. The maximum Gasteiger partial charge on any atom is 0.343 e. The number of rotatable bonds is 9. The fourth-order valence-corrected chi connectivity index (χ4v) is 2.97. The second-order valence-corrected chi connectivity index (χ2v) is 7.31. The minimum Gasteiger partial charge on any atom is -0.497 e. The molecule has 3 aromatic carbocycles. The van der Waals surface area contributed by atoms with E-state index in [9.17, 15) is 9.59 Å². The van der Waals surface area contributed by atoms with Crippen molar-refractivity contribution >= 4 is 18.1 Å². The monoisotopic (exact) mass is 462 g/mol. The summed E-state index contributed by atoms with van der Waals surface area (Å²) in [7, 11) is 3.02. The number of methoxy groups -OCH3 is 2. The van der Waals surface area contributed by atoms with Gasteiger partial charge in [0.05, 0.1) is 26.0 Å². The molecular weight excluding hydrogens is 436 g/mol. The van der Waals surface area contributed by atoms with Crippen LogP contribution < -0.4 is 24.4 Å². The molecule has 0 aliphatic carbocycles. The van der Waals surface area contributed by atoms with Crippen LogP contribution in [0.3, 0.4) is 0 Å². The molecule has 0 spiro atoms. The summed E-state index contributed by atoms with van der Waals surface area (Å²) in [6.45, 7) is 3.75. The Morgan fingerprint density at radius 2 is 1.68 bits per heavy atom. The highest BCUT2D eigenvalue weighted by Crippen LogP contribution is 2.28. The third-order valence-corrected chi connectivity index (χ3v) is 5.03. The van der Waals surface area contributed by atoms with Crippen molar-refractivity contribution < 1.29 is 28.5 Å². The summed E-state index contributed by atoms with van der Waals surface area (Å²) in [6.07, 6.45) is 1.45. The zero-order valence-corrected chi connectivity index (χ0v) is 19.5. The fraction of sp³-hybridized carbons (Fsp3) is 0.192. The second-order valence-electron chi connectivity index (χ2n) is 7.31. The number of hydrogen-bond donors (Lipinski definition) is 1. The Morgan fingerprint density at radius 1 is 0.912 bits per heavy atom. The molecular formula is C26H26N2O6. The number of carbonyl (C=O) groups is 2. The number of nitrogens with one attached hydrogen (secondary N) is 1. The molecule has 3 rings (SSSR count). The SMILES string of the molecule is COc1ccc(C(=O)Oc2ccc(C=NNC(=O)COc3cccc(C)c3C)cc2OC)cc1. The van der Waals surface area contributed by atoms with Gasteiger partial charge in [-0.1, -0.05) is 12.1 Å². The van der Waals surface area contributed by atoms with Gasteiger partial charge in [0.1, 0.15) is 11.5 Å². The van der Waals surface area contributed by atoms with E-state index >= 15 is 0 Å². The maximum atomic E-state index is 12.4. The fourth-order valence-electron chi connectivity index (χ4n) is 2.97. The summed E-state index contributed by atoms with van der Waals surface area (Å²) in [5, 5.41) is 3.94. The van der Waals surface area contributed by atoms with E-state index in [0.717, 1.165) is 11.1 Å². The lowest BCUT2D eigenvalue weighted by Crippen LogP contribution is -2.24. The molecule has 0 unspecified atom stereocenters. The van der Waals surface area contributed by atoms with Gasteiger partial charge >= 0.3 is 5.97 Å². The summed E-state index contributed by atoms with van der Waals surface area (Å²) >= 11 is 0. The number of ether oxygens (including phenoxy) is 4. The largest absolute Gasteiger partial charge is 0.497 e. The number of amides is 1. The molecule has 0 atom stereocenters. The van der Waals surface area contributed by atoms with Gasteiger partial charge < -0.3 is 18.9 Å². The maximum absolute atomic E-state index is 12.4. The van der Waals surface area contributed by atoms with Crippen LogP contribution in [0.1, 0.15) is 27.0 Å². The molecule has 0 aliphatic heterocycles. The molecule has 1 N–H and O–H groups in total. The summed E-state index contributed by atoms with van der Waals surface area (Å²) in [4.78, 5) is 24.4. The molecule has 3 aromatic rings. The minimum atomic E-state index is -0.529. The molecule has 0 heterocycles. The van der Waals surface area contributed by atoms with Crippen LogP contribution in [-0.2, 0) is 4.79 Å². The number of carbonyl (C=O) groups excluding carboxylic acids is 2. The average molecular weight is 463 g/mol. The van der Waals surface area contributed by atoms with Gasteiger partial charge in [0.25, 0.3) is 5.91 Å². The predicted octanol–water partition coefficient (Wildman–Crippen LogP) is 4.07. The third-order valence-electron chi connectivity index (χ3n) is 5.03. The molecule has 176 valence electrons. The van der Waals surface area contributed by atoms with Gasteiger partial charge in [-0.2, -0.15) is 5.10 Å². The second kappa shape index (κ2) is 11.5. The highest BCUT2D eigenvalue weighted by molar-refractivity contribution is 5.92. The van der Waals surface area contributed by atoms with E-state index in [1.165, 1.54) is 13.3 Å². The van der Waals surface area contributed by atoms with Crippen LogP contribution in [0.4, 0.5) is 0 Å². The quantitative estimate of drug-likeness (QED) is 0.223. The van der Waals surface area contributed by atoms with Crippen molar-refractivity contribution in [3.63, 3.8) is 0 Å². The zero-order valence-electron chi connectivity index (χ0n) is 19.5. The highest BCUT2D eigenvalue weighted by Gasteiger charge is 2.13. The van der Waals surface area contributed by atoms with Crippen molar-refractivity contribution in [1.29, 1.82) is 0 Å². The Morgan fingerprint density at radius 3 is 2.38 bits per heavy atom. The van der Waals surface area contributed by atoms with Crippen LogP contribution in [0.5, 0.6) is 23.0 Å². The van der Waals surface area contributed by atoms with E-state index in [1.807, 2.05) is 32.0 Å². The van der Waals surface area contributed by atoms with Crippen molar-refractivity contribution in [2.24, 2.45) is 5.10 Å². The molecule has 0 aliphatic rings. The first-order valence-corrected chi connectivity index (χ1v) is 10.5. The van der Waals surface area contributed by atoms with Crippen molar-refractivity contribution in [3.8, 4) is 23.0 Å². The molecule has 0 aromatic heterocycles. The topological polar surface area (TPSA) is 95.5 Å². The van der Waals surface area contributed by atoms with E-state index in [0.29, 0.717) is 28.4 Å². The van der Waals surface area contributed by atoms with Crippen LogP contribution in [0.25, 0.3) is 0 Å². The van der Waals surface area contributed by atoms with Crippen molar-refractivity contribution in [2.75, 3.05) is 20.8 Å². The zero-order chi connectivity index (χ0) is 24.5. The standard InChI is InChI=1S/C26H26N2O6/c1-17-6-5-7-22(18(17)2)33-16-25(29)28-27-15-19-8-13-23(24(14-19)32-4)34-26(30)20-9-11-21(31-3)12-10-20/h5-15H,16H2,1-4H3,(H,28,29). The van der Waals surface area contributed by atoms with Crippen molar-refractivity contribution in [1.82, 2.24) is 5.43 Å². The third kappa shape index (κ3) is 6.35. The Labute approximate surface area is 198 Å². The number of benzene rings is 3. The predicted molar refractivity (Wildman–Crippen MR) is 128 cm³/mol. The Balaban J connectivity index is 1.57. The Hall–Kier alpha value is -4.33. The number of aryl methyl sites for hydroxylation is 1.